The topological polar surface area (TPSA) is 51.4 Å². The number of anilines is 1. The molecule has 1 saturated heterocycles. The zero-order valence-electron chi connectivity index (χ0n) is 16.9. The van der Waals surface area contributed by atoms with E-state index < -0.39 is 0 Å². The van der Waals surface area contributed by atoms with E-state index in [-0.39, 0.29) is 17.8 Å². The van der Waals surface area contributed by atoms with Crippen LogP contribution in [0.5, 0.6) is 0 Å². The molecule has 4 rings (SSSR count). The van der Waals surface area contributed by atoms with Crippen LogP contribution >= 0.6 is 0 Å². The highest BCUT2D eigenvalue weighted by Gasteiger charge is 2.22. The highest BCUT2D eigenvalue weighted by molar-refractivity contribution is 5.98. The monoisotopic (exact) mass is 394 g/mol. The van der Waals surface area contributed by atoms with E-state index in [1.54, 1.807) is 0 Å². The summed E-state index contributed by atoms with van der Waals surface area (Å²) in [6.45, 7) is 8.89. The second-order valence-corrected chi connectivity index (χ2v) is 7.59. The molecular formula is C23H27FN4O. The Morgan fingerprint density at radius 3 is 2.62 bits per heavy atom. The van der Waals surface area contributed by atoms with Crippen molar-refractivity contribution in [1.29, 1.82) is 0 Å². The van der Waals surface area contributed by atoms with Gasteiger partial charge in [-0.3, -0.25) is 4.79 Å². The van der Waals surface area contributed by atoms with Crippen molar-refractivity contribution < 1.29 is 9.18 Å². The molecule has 1 aliphatic rings. The van der Waals surface area contributed by atoms with E-state index >= 15 is 0 Å². The molecule has 1 unspecified atom stereocenters. The van der Waals surface area contributed by atoms with E-state index in [0.717, 1.165) is 54.9 Å². The molecule has 0 radical (unpaired) electrons. The van der Waals surface area contributed by atoms with Gasteiger partial charge in [-0.15, -0.1) is 0 Å². The van der Waals surface area contributed by atoms with Crippen LogP contribution in [0.1, 0.15) is 35.9 Å². The maximum Gasteiger partial charge on any atom is 0.268 e. The number of carbonyl (C=O) groups is 1. The van der Waals surface area contributed by atoms with Crippen LogP contribution in [-0.4, -0.2) is 48.5 Å². The number of benzene rings is 2. The van der Waals surface area contributed by atoms with Gasteiger partial charge >= 0.3 is 0 Å². The predicted molar refractivity (Wildman–Crippen MR) is 115 cm³/mol. The van der Waals surface area contributed by atoms with E-state index in [1.165, 1.54) is 12.1 Å². The van der Waals surface area contributed by atoms with Crippen molar-refractivity contribution in [2.45, 2.75) is 19.9 Å². The van der Waals surface area contributed by atoms with Gasteiger partial charge in [-0.25, -0.2) is 4.39 Å². The van der Waals surface area contributed by atoms with Gasteiger partial charge in [0.05, 0.1) is 6.04 Å². The van der Waals surface area contributed by atoms with Crippen molar-refractivity contribution in [3.05, 3.63) is 65.6 Å². The molecule has 0 spiro atoms. The van der Waals surface area contributed by atoms with Crippen LogP contribution in [0, 0.1) is 5.82 Å². The molecule has 152 valence electrons. The molecule has 1 aromatic heterocycles. The molecule has 0 aliphatic carbocycles. The van der Waals surface area contributed by atoms with Gasteiger partial charge in [0.25, 0.3) is 5.91 Å². The summed E-state index contributed by atoms with van der Waals surface area (Å²) in [5.74, 6) is -0.484. The number of nitrogens with zero attached hydrogens (tertiary/aromatic N) is 2. The summed E-state index contributed by atoms with van der Waals surface area (Å²) < 4.78 is 14.0. The summed E-state index contributed by atoms with van der Waals surface area (Å²) in [4.78, 5) is 20.6. The van der Waals surface area contributed by atoms with Crippen molar-refractivity contribution in [1.82, 2.24) is 15.2 Å². The Labute approximate surface area is 170 Å². The molecule has 0 bridgehead atoms. The lowest BCUT2D eigenvalue weighted by Crippen LogP contribution is -2.46. The Bertz CT molecular complexity index is 974. The van der Waals surface area contributed by atoms with Gasteiger partial charge in [-0.2, -0.15) is 0 Å². The second-order valence-electron chi connectivity index (χ2n) is 7.59. The average Bonchev–Trinajstić information content (AvgIpc) is 3.18. The van der Waals surface area contributed by atoms with Gasteiger partial charge in [0.1, 0.15) is 11.5 Å². The summed E-state index contributed by atoms with van der Waals surface area (Å²) in [7, 11) is 0. The molecule has 29 heavy (non-hydrogen) atoms. The van der Waals surface area contributed by atoms with Crippen LogP contribution in [0.3, 0.4) is 0 Å². The van der Waals surface area contributed by atoms with Crippen molar-refractivity contribution in [2.24, 2.45) is 0 Å². The van der Waals surface area contributed by atoms with Gasteiger partial charge in [-0.1, -0.05) is 25.1 Å². The number of likely N-dealkylation sites (N-methyl/N-ethyl adjacent to an activating group) is 1. The molecule has 5 nitrogen and oxygen atoms in total. The SMILES string of the molecule is CCN1CCN(c2ccc(F)cc2C(C)NC(=O)c2cc3ccccc3[nH]2)CC1. The Balaban J connectivity index is 1.54. The highest BCUT2D eigenvalue weighted by atomic mass is 19.1. The van der Waals surface area contributed by atoms with Gasteiger partial charge < -0.3 is 20.1 Å². The molecule has 3 aromatic rings. The van der Waals surface area contributed by atoms with Crippen LogP contribution < -0.4 is 10.2 Å². The lowest BCUT2D eigenvalue weighted by Gasteiger charge is -2.37. The van der Waals surface area contributed by atoms with Gasteiger partial charge in [0.2, 0.25) is 0 Å². The first kappa shape index (κ1) is 19.5. The van der Waals surface area contributed by atoms with E-state index in [9.17, 15) is 9.18 Å². The molecule has 1 amide bonds. The van der Waals surface area contributed by atoms with Crippen molar-refractivity contribution in [2.75, 3.05) is 37.6 Å². The number of hydrogen-bond acceptors (Lipinski definition) is 3. The molecule has 2 N–H and O–H groups in total. The molecule has 2 aromatic carbocycles. The smallest absolute Gasteiger partial charge is 0.268 e. The van der Waals surface area contributed by atoms with Gasteiger partial charge in [0.15, 0.2) is 0 Å². The van der Waals surface area contributed by atoms with Crippen molar-refractivity contribution in [3.8, 4) is 0 Å². The minimum absolute atomic E-state index is 0.195. The van der Waals surface area contributed by atoms with Crippen LogP contribution in [0.2, 0.25) is 0 Å². The normalized spacial score (nSPS) is 16.2. The zero-order chi connectivity index (χ0) is 20.4. The summed E-state index contributed by atoms with van der Waals surface area (Å²) >= 11 is 0. The van der Waals surface area contributed by atoms with E-state index in [2.05, 4.69) is 27.0 Å². The third kappa shape index (κ3) is 4.12. The maximum absolute atomic E-state index is 14.0. The number of fused-ring (bicyclic) bond motifs is 1. The molecule has 6 heteroatoms. The number of hydrogen-bond donors (Lipinski definition) is 2. The molecular weight excluding hydrogens is 367 g/mol. The summed E-state index contributed by atoms with van der Waals surface area (Å²) in [5.41, 5.74) is 3.23. The molecule has 1 fully saturated rings. The van der Waals surface area contributed by atoms with Crippen LogP contribution in [0.15, 0.2) is 48.5 Å². The number of aromatic amines is 1. The Hall–Kier alpha value is -2.86. The fourth-order valence-electron chi connectivity index (χ4n) is 4.01. The lowest BCUT2D eigenvalue weighted by atomic mass is 10.0. The molecule has 1 atom stereocenters. The molecule has 2 heterocycles. The number of H-pyrrole nitrogens is 1. The van der Waals surface area contributed by atoms with Crippen LogP contribution in [0.25, 0.3) is 10.9 Å². The number of nitrogens with one attached hydrogen (secondary N) is 2. The number of piperazine rings is 1. The summed E-state index contributed by atoms with van der Waals surface area (Å²) in [6.07, 6.45) is 0. The average molecular weight is 394 g/mol. The van der Waals surface area contributed by atoms with Crippen LogP contribution in [-0.2, 0) is 0 Å². The molecule has 1 aliphatic heterocycles. The largest absolute Gasteiger partial charge is 0.369 e. The first-order valence-corrected chi connectivity index (χ1v) is 10.2. The maximum atomic E-state index is 14.0. The molecule has 0 saturated carbocycles. The minimum Gasteiger partial charge on any atom is -0.369 e. The van der Waals surface area contributed by atoms with E-state index in [0.29, 0.717) is 5.69 Å². The summed E-state index contributed by atoms with van der Waals surface area (Å²) in [6, 6.07) is 14.2. The number of carbonyl (C=O) groups excluding carboxylic acids is 1. The van der Waals surface area contributed by atoms with Gasteiger partial charge in [0, 0.05) is 48.3 Å². The lowest BCUT2D eigenvalue weighted by molar-refractivity contribution is 0.0935. The van der Waals surface area contributed by atoms with E-state index in [4.69, 9.17) is 0 Å². The number of rotatable bonds is 5. The second kappa shape index (κ2) is 8.25. The number of aromatic nitrogens is 1. The number of para-hydroxylation sites is 1. The third-order valence-corrected chi connectivity index (χ3v) is 5.74. The van der Waals surface area contributed by atoms with Crippen molar-refractivity contribution in [3.63, 3.8) is 0 Å². The highest BCUT2D eigenvalue weighted by Crippen LogP contribution is 2.29. The fourth-order valence-corrected chi connectivity index (χ4v) is 4.01. The fraction of sp³-hybridized carbons (Fsp3) is 0.348. The van der Waals surface area contributed by atoms with E-state index in [1.807, 2.05) is 43.3 Å². The first-order valence-electron chi connectivity index (χ1n) is 10.2. The van der Waals surface area contributed by atoms with Crippen LogP contribution in [0.4, 0.5) is 10.1 Å². The predicted octanol–water partition coefficient (Wildman–Crippen LogP) is 3.94. The summed E-state index contributed by atoms with van der Waals surface area (Å²) in [5, 5.41) is 4.02. The minimum atomic E-state index is -0.316. The first-order chi connectivity index (χ1) is 14.0. The Morgan fingerprint density at radius 1 is 1.14 bits per heavy atom. The van der Waals surface area contributed by atoms with Gasteiger partial charge in [-0.05, 0) is 43.8 Å². The zero-order valence-corrected chi connectivity index (χ0v) is 16.9. The third-order valence-electron chi connectivity index (χ3n) is 5.74. The standard InChI is InChI=1S/C23H27FN4O/c1-3-27-10-12-28(13-11-27)22-9-8-18(24)15-19(22)16(2)25-23(29)21-14-17-6-4-5-7-20(17)26-21/h4-9,14-16,26H,3,10-13H2,1-2H3,(H,25,29). The number of amides is 1. The van der Waals surface area contributed by atoms with Crippen molar-refractivity contribution >= 4 is 22.5 Å². The number of halogens is 1. The Kier molecular flexibility index (Phi) is 5.53. The Morgan fingerprint density at radius 2 is 1.90 bits per heavy atom. The quantitative estimate of drug-likeness (QED) is 0.689.